The highest BCUT2D eigenvalue weighted by Crippen LogP contribution is 2.30. The quantitative estimate of drug-likeness (QED) is 0.875. The van der Waals surface area contributed by atoms with Gasteiger partial charge in [0.25, 0.3) is 0 Å². The maximum atomic E-state index is 4.92. The average Bonchev–Trinajstić information content (AvgIpc) is 3.02. The molecule has 1 aliphatic rings. The SMILES string of the molecule is CC(C)Cc1nc(C2CCn3nccc3C2)n(C(C)(C)C)n1. The van der Waals surface area contributed by atoms with E-state index in [9.17, 15) is 0 Å². The Hall–Kier alpha value is -1.65. The predicted octanol–water partition coefficient (Wildman–Crippen LogP) is 3.16. The molecule has 0 aromatic carbocycles. The van der Waals surface area contributed by atoms with E-state index in [0.29, 0.717) is 11.8 Å². The Bertz CT molecular complexity index is 644. The fourth-order valence-corrected chi connectivity index (χ4v) is 3.17. The first-order chi connectivity index (χ1) is 10.3. The second kappa shape index (κ2) is 5.52. The van der Waals surface area contributed by atoms with Crippen molar-refractivity contribution in [3.8, 4) is 0 Å². The molecular formula is C17H27N5. The third-order valence-corrected chi connectivity index (χ3v) is 4.22. The molecule has 120 valence electrons. The maximum absolute atomic E-state index is 4.92. The molecule has 1 unspecified atom stereocenters. The Labute approximate surface area is 132 Å². The molecule has 2 aromatic rings. The summed E-state index contributed by atoms with van der Waals surface area (Å²) in [6, 6.07) is 2.12. The van der Waals surface area contributed by atoms with Crippen LogP contribution in [-0.4, -0.2) is 24.5 Å². The van der Waals surface area contributed by atoms with Crippen LogP contribution in [-0.2, 0) is 24.9 Å². The lowest BCUT2D eigenvalue weighted by Crippen LogP contribution is -2.29. The molecule has 0 aliphatic carbocycles. The van der Waals surface area contributed by atoms with E-state index in [1.165, 1.54) is 5.69 Å². The highest BCUT2D eigenvalue weighted by atomic mass is 15.4. The summed E-state index contributed by atoms with van der Waals surface area (Å²) < 4.78 is 4.27. The third kappa shape index (κ3) is 2.94. The van der Waals surface area contributed by atoms with Crippen LogP contribution < -0.4 is 0 Å². The molecule has 1 aliphatic heterocycles. The van der Waals surface area contributed by atoms with Crippen LogP contribution in [0.15, 0.2) is 12.3 Å². The van der Waals surface area contributed by atoms with Gasteiger partial charge in [0.05, 0.1) is 5.54 Å². The largest absolute Gasteiger partial charge is 0.270 e. The van der Waals surface area contributed by atoms with Gasteiger partial charge < -0.3 is 0 Å². The van der Waals surface area contributed by atoms with Gasteiger partial charge in [0, 0.05) is 30.8 Å². The molecule has 5 nitrogen and oxygen atoms in total. The van der Waals surface area contributed by atoms with Gasteiger partial charge in [-0.2, -0.15) is 10.2 Å². The minimum absolute atomic E-state index is 0.0325. The summed E-state index contributed by atoms with van der Waals surface area (Å²) in [6.07, 6.45) is 4.94. The van der Waals surface area contributed by atoms with Crippen molar-refractivity contribution in [3.05, 3.63) is 29.6 Å². The highest BCUT2D eigenvalue weighted by Gasteiger charge is 2.29. The summed E-state index contributed by atoms with van der Waals surface area (Å²) >= 11 is 0. The fraction of sp³-hybridized carbons (Fsp3) is 0.706. The van der Waals surface area contributed by atoms with Crippen LogP contribution in [0.2, 0.25) is 0 Å². The zero-order valence-corrected chi connectivity index (χ0v) is 14.4. The first-order valence-corrected chi connectivity index (χ1v) is 8.31. The molecule has 0 amide bonds. The van der Waals surface area contributed by atoms with Gasteiger partial charge in [-0.15, -0.1) is 0 Å². The minimum atomic E-state index is -0.0325. The van der Waals surface area contributed by atoms with Crippen molar-refractivity contribution in [2.75, 3.05) is 0 Å². The smallest absolute Gasteiger partial charge is 0.151 e. The molecule has 0 saturated heterocycles. The van der Waals surface area contributed by atoms with Crippen LogP contribution in [0.5, 0.6) is 0 Å². The lowest BCUT2D eigenvalue weighted by atomic mass is 9.94. The zero-order chi connectivity index (χ0) is 15.9. The monoisotopic (exact) mass is 301 g/mol. The van der Waals surface area contributed by atoms with Gasteiger partial charge in [-0.1, -0.05) is 13.8 Å². The van der Waals surface area contributed by atoms with Crippen LogP contribution in [0, 0.1) is 5.92 Å². The fourth-order valence-electron chi connectivity index (χ4n) is 3.17. The van der Waals surface area contributed by atoms with E-state index in [-0.39, 0.29) is 5.54 Å². The average molecular weight is 301 g/mol. The van der Waals surface area contributed by atoms with E-state index in [1.54, 1.807) is 0 Å². The number of aromatic nitrogens is 5. The lowest BCUT2D eigenvalue weighted by Gasteiger charge is -2.27. The third-order valence-electron chi connectivity index (χ3n) is 4.22. The first kappa shape index (κ1) is 15.3. The number of aryl methyl sites for hydroxylation is 1. The number of rotatable bonds is 3. The number of hydrogen-bond donors (Lipinski definition) is 0. The summed E-state index contributed by atoms with van der Waals surface area (Å²) in [7, 11) is 0. The molecule has 0 radical (unpaired) electrons. The van der Waals surface area contributed by atoms with Gasteiger partial charge >= 0.3 is 0 Å². The molecule has 0 spiro atoms. The van der Waals surface area contributed by atoms with Crippen molar-refractivity contribution in [2.45, 2.75) is 71.9 Å². The molecule has 3 heterocycles. The van der Waals surface area contributed by atoms with Crippen LogP contribution in [0.25, 0.3) is 0 Å². The van der Waals surface area contributed by atoms with Crippen LogP contribution >= 0.6 is 0 Å². The van der Waals surface area contributed by atoms with E-state index in [2.05, 4.69) is 55.1 Å². The summed E-state index contributed by atoms with van der Waals surface area (Å²) in [5.74, 6) is 3.16. The van der Waals surface area contributed by atoms with E-state index < -0.39 is 0 Å². The van der Waals surface area contributed by atoms with Crippen molar-refractivity contribution in [1.29, 1.82) is 0 Å². The van der Waals surface area contributed by atoms with E-state index >= 15 is 0 Å². The molecule has 22 heavy (non-hydrogen) atoms. The Morgan fingerprint density at radius 3 is 2.77 bits per heavy atom. The van der Waals surface area contributed by atoms with E-state index in [4.69, 9.17) is 10.1 Å². The number of nitrogens with zero attached hydrogens (tertiary/aromatic N) is 5. The predicted molar refractivity (Wildman–Crippen MR) is 86.8 cm³/mol. The first-order valence-electron chi connectivity index (χ1n) is 8.31. The van der Waals surface area contributed by atoms with Crippen molar-refractivity contribution >= 4 is 0 Å². The standard InChI is InChI=1S/C17H27N5/c1-12(2)10-15-19-16(22(20-15)17(3,4)5)13-7-9-21-14(11-13)6-8-18-21/h6,8,12-13H,7,9-11H2,1-5H3. The molecule has 0 N–H and O–H groups in total. The van der Waals surface area contributed by atoms with Crippen molar-refractivity contribution < 1.29 is 0 Å². The van der Waals surface area contributed by atoms with Crippen LogP contribution in [0.3, 0.4) is 0 Å². The lowest BCUT2D eigenvalue weighted by molar-refractivity contribution is 0.316. The second-order valence-electron chi connectivity index (χ2n) is 7.80. The normalized spacial score (nSPS) is 18.7. The van der Waals surface area contributed by atoms with Gasteiger partial charge in [-0.25, -0.2) is 9.67 Å². The molecule has 0 fully saturated rings. The summed E-state index contributed by atoms with van der Waals surface area (Å²) in [5, 5.41) is 9.20. The zero-order valence-electron chi connectivity index (χ0n) is 14.4. The summed E-state index contributed by atoms with van der Waals surface area (Å²) in [5.41, 5.74) is 1.28. The van der Waals surface area contributed by atoms with Gasteiger partial charge in [0.2, 0.25) is 0 Å². The Morgan fingerprint density at radius 2 is 2.09 bits per heavy atom. The molecule has 0 bridgehead atoms. The second-order valence-corrected chi connectivity index (χ2v) is 7.80. The highest BCUT2D eigenvalue weighted by molar-refractivity contribution is 5.13. The Kier molecular flexibility index (Phi) is 3.83. The van der Waals surface area contributed by atoms with Crippen LogP contribution in [0.1, 0.15) is 64.3 Å². The molecule has 5 heteroatoms. The molecule has 0 saturated carbocycles. The van der Waals surface area contributed by atoms with Gasteiger partial charge in [-0.3, -0.25) is 4.68 Å². The molecule has 3 rings (SSSR count). The Balaban J connectivity index is 1.94. The van der Waals surface area contributed by atoms with Gasteiger partial charge in [0.1, 0.15) is 5.82 Å². The summed E-state index contributed by atoms with van der Waals surface area (Å²) in [6.45, 7) is 12.0. The molecule has 1 atom stereocenters. The van der Waals surface area contributed by atoms with Crippen molar-refractivity contribution in [3.63, 3.8) is 0 Å². The van der Waals surface area contributed by atoms with Crippen molar-refractivity contribution in [1.82, 2.24) is 24.5 Å². The maximum Gasteiger partial charge on any atom is 0.151 e. The minimum Gasteiger partial charge on any atom is -0.270 e. The van der Waals surface area contributed by atoms with Gasteiger partial charge in [0.15, 0.2) is 5.82 Å². The van der Waals surface area contributed by atoms with E-state index in [0.717, 1.165) is 37.5 Å². The van der Waals surface area contributed by atoms with Gasteiger partial charge in [-0.05, 0) is 45.6 Å². The van der Waals surface area contributed by atoms with E-state index in [1.807, 2.05) is 6.20 Å². The molecule has 2 aromatic heterocycles. The Morgan fingerprint density at radius 1 is 1.32 bits per heavy atom. The molecular weight excluding hydrogens is 274 g/mol. The summed E-state index contributed by atoms with van der Waals surface area (Å²) in [4.78, 5) is 4.92. The number of fused-ring (bicyclic) bond motifs is 1. The van der Waals surface area contributed by atoms with Crippen molar-refractivity contribution in [2.24, 2.45) is 5.92 Å². The topological polar surface area (TPSA) is 48.5 Å². The number of hydrogen-bond acceptors (Lipinski definition) is 3. The van der Waals surface area contributed by atoms with Crippen LogP contribution in [0.4, 0.5) is 0 Å².